The largest absolute Gasteiger partial charge is 0.494 e. The van der Waals surface area contributed by atoms with Crippen molar-refractivity contribution in [3.63, 3.8) is 0 Å². The van der Waals surface area contributed by atoms with Crippen molar-refractivity contribution in [2.75, 3.05) is 13.2 Å². The van der Waals surface area contributed by atoms with Gasteiger partial charge in [-0.15, -0.1) is 0 Å². The Morgan fingerprint density at radius 1 is 0.756 bits per heavy atom. The molecule has 0 aliphatic heterocycles. The lowest BCUT2D eigenvalue weighted by molar-refractivity contribution is -0.153. The molecule has 0 heterocycles. The molecule has 1 unspecified atom stereocenters. The van der Waals surface area contributed by atoms with Gasteiger partial charge in [0, 0.05) is 26.1 Å². The molecule has 4 aromatic rings. The highest BCUT2D eigenvalue weighted by molar-refractivity contribution is 5.78. The Kier molecular flexibility index (Phi) is 10.4. The zero-order chi connectivity index (χ0) is 28.9. The van der Waals surface area contributed by atoms with Crippen molar-refractivity contribution in [2.45, 2.75) is 38.5 Å². The third kappa shape index (κ3) is 9.14. The van der Waals surface area contributed by atoms with E-state index in [9.17, 15) is 14.7 Å². The zero-order valence-electron chi connectivity index (χ0n) is 23.2. The third-order valence-electron chi connectivity index (χ3n) is 6.63. The normalized spacial score (nSPS) is 12.1. The summed E-state index contributed by atoms with van der Waals surface area (Å²) in [5.74, 6) is 0.153. The van der Waals surface area contributed by atoms with Crippen LogP contribution < -0.4 is 14.8 Å². The van der Waals surface area contributed by atoms with Crippen molar-refractivity contribution in [3.8, 4) is 11.5 Å². The van der Waals surface area contributed by atoms with Crippen molar-refractivity contribution in [3.05, 3.63) is 132 Å². The molecular weight excluding hydrogens is 516 g/mol. The fourth-order valence-corrected chi connectivity index (χ4v) is 4.38. The number of hydrogen-bond acceptors (Lipinski definition) is 4. The van der Waals surface area contributed by atoms with E-state index < -0.39 is 11.6 Å². The molecule has 7 heteroatoms. The van der Waals surface area contributed by atoms with E-state index in [4.69, 9.17) is 9.47 Å². The summed E-state index contributed by atoms with van der Waals surface area (Å²) in [6.45, 7) is 3.50. The van der Waals surface area contributed by atoms with Crippen molar-refractivity contribution in [1.82, 2.24) is 10.2 Å². The molecule has 0 radical (unpaired) electrons. The lowest BCUT2D eigenvalue weighted by atomic mass is 9.96. The van der Waals surface area contributed by atoms with Crippen molar-refractivity contribution in [2.24, 2.45) is 0 Å². The Bertz CT molecular complexity index is 1360. The molecule has 0 aliphatic rings. The lowest BCUT2D eigenvalue weighted by Crippen LogP contribution is -2.43. The molecule has 0 aromatic heterocycles. The second-order valence-electron chi connectivity index (χ2n) is 10.0. The van der Waals surface area contributed by atoms with E-state index in [0.29, 0.717) is 44.2 Å². The summed E-state index contributed by atoms with van der Waals surface area (Å²) in [5, 5.41) is 12.9. The number of para-hydroxylation sites is 1. The first kappa shape index (κ1) is 29.2. The van der Waals surface area contributed by atoms with Crippen LogP contribution in [-0.4, -0.2) is 40.8 Å². The SMILES string of the molecule is CC(Cc1ccc(OCCCN(Cc2ccccc2)C(=O)NCc2ccccc2)cc1)(Oc1ccccc1)C(=O)O. The summed E-state index contributed by atoms with van der Waals surface area (Å²) < 4.78 is 11.8. The molecule has 0 fully saturated rings. The number of carbonyl (C=O) groups is 2. The van der Waals surface area contributed by atoms with Gasteiger partial charge in [-0.25, -0.2) is 9.59 Å². The predicted molar refractivity (Wildman–Crippen MR) is 159 cm³/mol. The molecule has 7 nitrogen and oxygen atoms in total. The standard InChI is InChI=1S/C34H36N2O5/c1-34(32(37)38,41-31-16-9-4-10-17-31)24-27-18-20-30(21-19-27)40-23-11-22-36(26-29-14-7-3-8-15-29)33(39)35-25-28-12-5-2-6-13-28/h2-10,12-21H,11,22-26H2,1H3,(H,35,39)(H,37,38). The van der Waals surface area contributed by atoms with Crippen LogP contribution >= 0.6 is 0 Å². The number of carboxylic acid groups (broad SMARTS) is 1. The molecule has 212 valence electrons. The number of benzene rings is 4. The molecule has 0 saturated carbocycles. The van der Waals surface area contributed by atoms with Crippen LogP contribution in [-0.2, 0) is 24.3 Å². The summed E-state index contributed by atoms with van der Waals surface area (Å²) in [7, 11) is 0. The minimum atomic E-state index is -1.41. The van der Waals surface area contributed by atoms with Crippen LogP contribution in [0.3, 0.4) is 0 Å². The molecular formula is C34H36N2O5. The minimum Gasteiger partial charge on any atom is -0.494 e. The van der Waals surface area contributed by atoms with Gasteiger partial charge in [-0.1, -0.05) is 91.0 Å². The van der Waals surface area contributed by atoms with Crippen molar-refractivity contribution in [1.29, 1.82) is 0 Å². The Morgan fingerprint density at radius 3 is 1.95 bits per heavy atom. The van der Waals surface area contributed by atoms with Gasteiger partial charge in [-0.3, -0.25) is 0 Å². The van der Waals surface area contributed by atoms with E-state index >= 15 is 0 Å². The van der Waals surface area contributed by atoms with Crippen LogP contribution in [0.5, 0.6) is 11.5 Å². The number of amides is 2. The van der Waals surface area contributed by atoms with Gasteiger partial charge in [0.25, 0.3) is 0 Å². The summed E-state index contributed by atoms with van der Waals surface area (Å²) in [5.41, 5.74) is 1.51. The maximum Gasteiger partial charge on any atom is 0.348 e. The maximum atomic E-state index is 13.0. The second-order valence-corrected chi connectivity index (χ2v) is 10.0. The van der Waals surface area contributed by atoms with Crippen LogP contribution in [0.4, 0.5) is 4.79 Å². The molecule has 4 rings (SSSR count). The maximum absolute atomic E-state index is 13.0. The highest BCUT2D eigenvalue weighted by Gasteiger charge is 2.36. The molecule has 0 aliphatic carbocycles. The van der Waals surface area contributed by atoms with Crippen molar-refractivity contribution < 1.29 is 24.2 Å². The average molecular weight is 553 g/mol. The van der Waals surface area contributed by atoms with Gasteiger partial charge >= 0.3 is 12.0 Å². The highest BCUT2D eigenvalue weighted by atomic mass is 16.5. The summed E-state index contributed by atoms with van der Waals surface area (Å²) >= 11 is 0. The monoisotopic (exact) mass is 552 g/mol. The quantitative estimate of drug-likeness (QED) is 0.179. The second kappa shape index (κ2) is 14.6. The first-order chi connectivity index (χ1) is 19.9. The average Bonchev–Trinajstić information content (AvgIpc) is 2.99. The van der Waals surface area contributed by atoms with Gasteiger partial charge in [-0.05, 0) is 54.3 Å². The van der Waals surface area contributed by atoms with E-state index in [1.165, 1.54) is 0 Å². The van der Waals surface area contributed by atoms with E-state index in [-0.39, 0.29) is 12.5 Å². The molecule has 4 aromatic carbocycles. The number of aliphatic carboxylic acids is 1. The first-order valence-electron chi connectivity index (χ1n) is 13.7. The van der Waals surface area contributed by atoms with Gasteiger partial charge < -0.3 is 24.8 Å². The van der Waals surface area contributed by atoms with Crippen LogP contribution in [0.2, 0.25) is 0 Å². The Morgan fingerprint density at radius 2 is 1.34 bits per heavy atom. The van der Waals surface area contributed by atoms with Gasteiger partial charge in [0.15, 0.2) is 0 Å². The lowest BCUT2D eigenvalue weighted by Gasteiger charge is -2.26. The fourth-order valence-electron chi connectivity index (χ4n) is 4.38. The van der Waals surface area contributed by atoms with E-state index in [2.05, 4.69) is 5.32 Å². The highest BCUT2D eigenvalue weighted by Crippen LogP contribution is 2.24. The van der Waals surface area contributed by atoms with Crippen LogP contribution in [0, 0.1) is 0 Å². The number of nitrogens with zero attached hydrogens (tertiary/aromatic N) is 1. The Labute approximate surface area is 241 Å². The number of hydrogen-bond donors (Lipinski definition) is 2. The number of ether oxygens (including phenoxy) is 2. The fraction of sp³-hybridized carbons (Fsp3) is 0.235. The molecule has 0 bridgehead atoms. The topological polar surface area (TPSA) is 88.1 Å². The molecule has 0 spiro atoms. The third-order valence-corrected chi connectivity index (χ3v) is 6.63. The summed E-state index contributed by atoms with van der Waals surface area (Å²) in [6.07, 6.45) is 0.847. The smallest absolute Gasteiger partial charge is 0.348 e. The predicted octanol–water partition coefficient (Wildman–Crippen LogP) is 6.33. The Balaban J connectivity index is 1.29. The van der Waals surface area contributed by atoms with Gasteiger partial charge in [0.2, 0.25) is 5.60 Å². The number of urea groups is 1. The van der Waals surface area contributed by atoms with E-state index in [1.54, 1.807) is 24.0 Å². The minimum absolute atomic E-state index is 0.124. The van der Waals surface area contributed by atoms with E-state index in [0.717, 1.165) is 16.7 Å². The molecule has 2 N–H and O–H groups in total. The van der Waals surface area contributed by atoms with Gasteiger partial charge in [-0.2, -0.15) is 0 Å². The molecule has 1 atom stereocenters. The Hall–Kier alpha value is -4.78. The first-order valence-corrected chi connectivity index (χ1v) is 13.7. The summed E-state index contributed by atoms with van der Waals surface area (Å²) in [6, 6.07) is 35.9. The van der Waals surface area contributed by atoms with E-state index in [1.807, 2.05) is 103 Å². The zero-order valence-corrected chi connectivity index (χ0v) is 23.2. The van der Waals surface area contributed by atoms with Gasteiger partial charge in [0.1, 0.15) is 11.5 Å². The number of carboxylic acids is 1. The number of rotatable bonds is 14. The van der Waals surface area contributed by atoms with Crippen LogP contribution in [0.25, 0.3) is 0 Å². The molecule has 0 saturated heterocycles. The number of carbonyl (C=O) groups excluding carboxylic acids is 1. The van der Waals surface area contributed by atoms with Gasteiger partial charge in [0.05, 0.1) is 6.61 Å². The van der Waals surface area contributed by atoms with Crippen molar-refractivity contribution >= 4 is 12.0 Å². The van der Waals surface area contributed by atoms with Crippen LogP contribution in [0.15, 0.2) is 115 Å². The molecule has 2 amide bonds. The summed E-state index contributed by atoms with van der Waals surface area (Å²) in [4.78, 5) is 26.8. The van der Waals surface area contributed by atoms with Crippen LogP contribution in [0.1, 0.15) is 30.0 Å². The molecule has 41 heavy (non-hydrogen) atoms. The number of nitrogens with one attached hydrogen (secondary N) is 1.